The number of rotatable bonds is 8. The predicted octanol–water partition coefficient (Wildman–Crippen LogP) is 4.96. The van der Waals surface area contributed by atoms with Gasteiger partial charge in [0.25, 0.3) is 5.91 Å². The van der Waals surface area contributed by atoms with Crippen LogP contribution in [-0.2, 0) is 0 Å². The fourth-order valence-corrected chi connectivity index (χ4v) is 3.18. The highest BCUT2D eigenvalue weighted by molar-refractivity contribution is 6.32. The van der Waals surface area contributed by atoms with Crippen molar-refractivity contribution in [1.29, 1.82) is 0 Å². The minimum absolute atomic E-state index is 0.0646. The lowest BCUT2D eigenvalue weighted by molar-refractivity contribution is 0.101. The third kappa shape index (κ3) is 4.79. The number of nitrogens with one attached hydrogen (secondary N) is 1. The second kappa shape index (κ2) is 9.26. The fraction of sp³-hybridized carbons (Fsp3) is 0.364. The van der Waals surface area contributed by atoms with Gasteiger partial charge in [0.05, 0.1) is 24.4 Å². The van der Waals surface area contributed by atoms with Gasteiger partial charge in [0.15, 0.2) is 28.8 Å². The Hall–Kier alpha value is -2.93. The molecule has 0 saturated heterocycles. The third-order valence-corrected chi connectivity index (χ3v) is 4.85. The van der Waals surface area contributed by atoms with Gasteiger partial charge in [-0.2, -0.15) is 0 Å². The summed E-state index contributed by atoms with van der Waals surface area (Å²) in [6.45, 7) is 6.16. The highest BCUT2D eigenvalue weighted by atomic mass is 35.5. The van der Waals surface area contributed by atoms with Crippen LogP contribution in [0.25, 0.3) is 0 Å². The number of halogens is 1. The maximum absolute atomic E-state index is 12.9. The van der Waals surface area contributed by atoms with E-state index in [1.807, 2.05) is 0 Å². The van der Waals surface area contributed by atoms with Crippen LogP contribution in [0.1, 0.15) is 47.9 Å². The Kier molecular flexibility index (Phi) is 6.72. The van der Waals surface area contributed by atoms with Gasteiger partial charge in [0.1, 0.15) is 0 Å². The van der Waals surface area contributed by atoms with E-state index in [4.69, 9.17) is 30.5 Å². The van der Waals surface area contributed by atoms with Crippen LogP contribution < -0.4 is 24.3 Å². The Morgan fingerprint density at radius 2 is 1.87 bits per heavy atom. The van der Waals surface area contributed by atoms with Crippen LogP contribution in [0.15, 0.2) is 24.3 Å². The summed E-state index contributed by atoms with van der Waals surface area (Å²) in [4.78, 5) is 24.9. The normalized spacial score (nSPS) is 12.1. The summed E-state index contributed by atoms with van der Waals surface area (Å²) in [6, 6.07) is 6.18. The van der Waals surface area contributed by atoms with Crippen molar-refractivity contribution in [3.05, 3.63) is 40.4 Å². The molecule has 0 bridgehead atoms. The Balaban J connectivity index is 1.85. The van der Waals surface area contributed by atoms with Crippen LogP contribution in [0.3, 0.4) is 0 Å². The summed E-state index contributed by atoms with van der Waals surface area (Å²) < 4.78 is 21.8. The number of amides is 1. The number of benzene rings is 2. The Morgan fingerprint density at radius 3 is 2.50 bits per heavy atom. The maximum atomic E-state index is 12.9. The minimum Gasteiger partial charge on any atom is -0.493 e. The summed E-state index contributed by atoms with van der Waals surface area (Å²) in [6.07, 6.45) is 0.861. The zero-order chi connectivity index (χ0) is 21.8. The van der Waals surface area contributed by atoms with Crippen molar-refractivity contribution in [3.8, 4) is 23.0 Å². The third-order valence-electron chi connectivity index (χ3n) is 4.57. The quantitative estimate of drug-likeness (QED) is 0.592. The molecule has 2 aromatic carbocycles. The first-order chi connectivity index (χ1) is 14.3. The Bertz CT molecular complexity index is 973. The van der Waals surface area contributed by atoms with Crippen molar-refractivity contribution >= 4 is 29.0 Å². The molecule has 1 N–H and O–H groups in total. The lowest BCUT2D eigenvalue weighted by Crippen LogP contribution is -2.15. The number of hydrogen-bond donors (Lipinski definition) is 1. The molecule has 1 aliphatic rings. The SMILES string of the molecule is COc1cc(C(=O)Nc2cc3c(cc2C(C)=O)OCO3)cc(Cl)c1OCCC(C)C. The van der Waals surface area contributed by atoms with Crippen molar-refractivity contribution < 1.29 is 28.5 Å². The first-order valence-corrected chi connectivity index (χ1v) is 9.94. The van der Waals surface area contributed by atoms with Gasteiger partial charge in [0, 0.05) is 17.2 Å². The van der Waals surface area contributed by atoms with Gasteiger partial charge in [0.2, 0.25) is 6.79 Å². The van der Waals surface area contributed by atoms with E-state index < -0.39 is 5.91 Å². The van der Waals surface area contributed by atoms with Gasteiger partial charge in [-0.05, 0) is 37.5 Å². The van der Waals surface area contributed by atoms with E-state index in [-0.39, 0.29) is 23.2 Å². The number of fused-ring (bicyclic) bond motifs is 1. The number of carbonyl (C=O) groups excluding carboxylic acids is 2. The lowest BCUT2D eigenvalue weighted by Gasteiger charge is -2.15. The zero-order valence-electron chi connectivity index (χ0n) is 17.3. The second-order valence-corrected chi connectivity index (χ2v) is 7.69. The number of methoxy groups -OCH3 is 1. The van der Waals surface area contributed by atoms with E-state index in [0.29, 0.717) is 46.8 Å². The zero-order valence-corrected chi connectivity index (χ0v) is 18.1. The maximum Gasteiger partial charge on any atom is 0.255 e. The molecule has 160 valence electrons. The van der Waals surface area contributed by atoms with Gasteiger partial charge in [-0.1, -0.05) is 25.4 Å². The molecule has 1 amide bonds. The summed E-state index contributed by atoms with van der Waals surface area (Å²) in [5.74, 6) is 1.48. The molecule has 1 aliphatic heterocycles. The molecular weight excluding hydrogens is 410 g/mol. The van der Waals surface area contributed by atoms with Crippen LogP contribution in [0, 0.1) is 5.92 Å². The standard InChI is InChI=1S/C22H24ClNO6/c1-12(2)5-6-28-21-16(23)7-14(8-20(21)27-4)22(26)24-17-10-19-18(29-11-30-19)9-15(17)13(3)25/h7-10,12H,5-6,11H2,1-4H3,(H,24,26). The number of hydrogen-bond acceptors (Lipinski definition) is 6. The highest BCUT2D eigenvalue weighted by Gasteiger charge is 2.22. The molecule has 0 unspecified atom stereocenters. The van der Waals surface area contributed by atoms with Crippen molar-refractivity contribution in [3.63, 3.8) is 0 Å². The summed E-state index contributed by atoms with van der Waals surface area (Å²) >= 11 is 6.36. The molecule has 3 rings (SSSR count). The fourth-order valence-electron chi connectivity index (χ4n) is 2.92. The van der Waals surface area contributed by atoms with Crippen molar-refractivity contribution in [2.75, 3.05) is 25.8 Å². The molecule has 1 heterocycles. The molecule has 8 heteroatoms. The van der Waals surface area contributed by atoms with Gasteiger partial charge in [-0.3, -0.25) is 9.59 Å². The summed E-state index contributed by atoms with van der Waals surface area (Å²) in [5, 5.41) is 3.01. The van der Waals surface area contributed by atoms with E-state index in [1.165, 1.54) is 20.1 Å². The highest BCUT2D eigenvalue weighted by Crippen LogP contribution is 2.39. The van der Waals surface area contributed by atoms with Crippen molar-refractivity contribution in [1.82, 2.24) is 0 Å². The summed E-state index contributed by atoms with van der Waals surface area (Å²) in [7, 11) is 1.48. The smallest absolute Gasteiger partial charge is 0.255 e. The van der Waals surface area contributed by atoms with E-state index in [0.717, 1.165) is 6.42 Å². The number of Topliss-reactive ketones (excluding diaryl/α,β-unsaturated/α-hetero) is 1. The number of ether oxygens (including phenoxy) is 4. The average molecular weight is 434 g/mol. The monoisotopic (exact) mass is 433 g/mol. The molecule has 0 radical (unpaired) electrons. The molecule has 0 atom stereocenters. The average Bonchev–Trinajstić information content (AvgIpc) is 3.15. The van der Waals surface area contributed by atoms with Gasteiger partial charge >= 0.3 is 0 Å². The van der Waals surface area contributed by atoms with Crippen LogP contribution in [0.2, 0.25) is 5.02 Å². The molecule has 0 saturated carbocycles. The number of ketones is 1. The van der Waals surface area contributed by atoms with E-state index in [9.17, 15) is 9.59 Å². The topological polar surface area (TPSA) is 83.1 Å². The molecule has 0 aliphatic carbocycles. The molecule has 0 fully saturated rings. The largest absolute Gasteiger partial charge is 0.493 e. The van der Waals surface area contributed by atoms with Gasteiger partial charge in [-0.25, -0.2) is 0 Å². The molecule has 0 aromatic heterocycles. The van der Waals surface area contributed by atoms with Crippen molar-refractivity contribution in [2.24, 2.45) is 5.92 Å². The van der Waals surface area contributed by atoms with Crippen LogP contribution in [-0.4, -0.2) is 32.2 Å². The van der Waals surface area contributed by atoms with Gasteiger partial charge < -0.3 is 24.3 Å². The molecular formula is C22H24ClNO6. The van der Waals surface area contributed by atoms with E-state index >= 15 is 0 Å². The van der Waals surface area contributed by atoms with E-state index in [2.05, 4.69) is 19.2 Å². The summed E-state index contributed by atoms with van der Waals surface area (Å²) in [5.41, 5.74) is 0.906. The van der Waals surface area contributed by atoms with Crippen LogP contribution in [0.5, 0.6) is 23.0 Å². The molecule has 7 nitrogen and oxygen atoms in total. The second-order valence-electron chi connectivity index (χ2n) is 7.28. The lowest BCUT2D eigenvalue weighted by atomic mass is 10.1. The molecule has 30 heavy (non-hydrogen) atoms. The van der Waals surface area contributed by atoms with Crippen LogP contribution >= 0.6 is 11.6 Å². The number of carbonyl (C=O) groups is 2. The first kappa shape index (κ1) is 21.8. The van der Waals surface area contributed by atoms with Crippen molar-refractivity contribution in [2.45, 2.75) is 27.2 Å². The minimum atomic E-state index is -0.453. The predicted molar refractivity (Wildman–Crippen MR) is 113 cm³/mol. The van der Waals surface area contributed by atoms with Crippen LogP contribution in [0.4, 0.5) is 5.69 Å². The van der Waals surface area contributed by atoms with E-state index in [1.54, 1.807) is 18.2 Å². The molecule has 0 spiro atoms. The Morgan fingerprint density at radius 1 is 1.17 bits per heavy atom. The molecule has 2 aromatic rings. The first-order valence-electron chi connectivity index (χ1n) is 9.56. The number of anilines is 1. The Labute approximate surface area is 180 Å². The van der Waals surface area contributed by atoms with Gasteiger partial charge in [-0.15, -0.1) is 0 Å².